The molecular formula is C11H13N3O3. The predicted molar refractivity (Wildman–Crippen MR) is 59.4 cm³/mol. The first kappa shape index (κ1) is 11.4. The molecule has 2 amide bonds. The van der Waals surface area contributed by atoms with Gasteiger partial charge in [-0.15, -0.1) is 0 Å². The first-order valence-electron chi connectivity index (χ1n) is 5.41. The quantitative estimate of drug-likeness (QED) is 0.661. The summed E-state index contributed by atoms with van der Waals surface area (Å²) in [6, 6.07) is 2.36. The highest BCUT2D eigenvalue weighted by Gasteiger charge is 2.25. The molecular weight excluding hydrogens is 222 g/mol. The second-order valence-electron chi connectivity index (χ2n) is 3.83. The molecule has 2 heterocycles. The summed E-state index contributed by atoms with van der Waals surface area (Å²) in [7, 11) is 0. The maximum atomic E-state index is 11.8. The smallest absolute Gasteiger partial charge is 0.274 e. The third-order valence-electron chi connectivity index (χ3n) is 2.59. The number of carbonyl (C=O) groups is 2. The van der Waals surface area contributed by atoms with E-state index in [9.17, 15) is 14.7 Å². The standard InChI is InChI=1S/C11H13N3O3/c15-8-4-2-5-12-9(8)11(17)14-7-3-1-6-13-10(7)16/h2,4-5,7,15H,1,3,6H2,(H,13,16)(H,14,17). The number of nitrogens with one attached hydrogen (secondary N) is 2. The van der Waals surface area contributed by atoms with Crippen molar-refractivity contribution in [3.05, 3.63) is 24.0 Å². The van der Waals surface area contributed by atoms with E-state index in [1.54, 1.807) is 0 Å². The minimum atomic E-state index is -0.544. The van der Waals surface area contributed by atoms with Crippen LogP contribution < -0.4 is 10.6 Å². The Hall–Kier alpha value is -2.11. The fourth-order valence-electron chi connectivity index (χ4n) is 1.71. The summed E-state index contributed by atoms with van der Waals surface area (Å²) in [4.78, 5) is 27.0. The topological polar surface area (TPSA) is 91.3 Å². The van der Waals surface area contributed by atoms with Crippen molar-refractivity contribution in [3.8, 4) is 5.75 Å². The largest absolute Gasteiger partial charge is 0.505 e. The molecule has 1 unspecified atom stereocenters. The average molecular weight is 235 g/mol. The van der Waals surface area contributed by atoms with Crippen LogP contribution >= 0.6 is 0 Å². The number of hydrogen-bond donors (Lipinski definition) is 3. The lowest BCUT2D eigenvalue weighted by atomic mass is 10.1. The predicted octanol–water partition coefficient (Wildman–Crippen LogP) is -0.204. The van der Waals surface area contributed by atoms with Crippen molar-refractivity contribution >= 4 is 11.8 Å². The Morgan fingerprint density at radius 2 is 2.41 bits per heavy atom. The number of nitrogens with zero attached hydrogens (tertiary/aromatic N) is 1. The van der Waals surface area contributed by atoms with Gasteiger partial charge in [0.2, 0.25) is 5.91 Å². The van der Waals surface area contributed by atoms with E-state index in [1.165, 1.54) is 18.3 Å². The van der Waals surface area contributed by atoms with Crippen LogP contribution in [0, 0.1) is 0 Å². The zero-order valence-electron chi connectivity index (χ0n) is 9.14. The van der Waals surface area contributed by atoms with Crippen LogP contribution in [0.3, 0.4) is 0 Å². The van der Waals surface area contributed by atoms with Gasteiger partial charge in [-0.2, -0.15) is 0 Å². The number of carbonyl (C=O) groups excluding carboxylic acids is 2. The summed E-state index contributed by atoms with van der Waals surface area (Å²) in [6.07, 6.45) is 2.84. The van der Waals surface area contributed by atoms with Crippen LogP contribution in [0.15, 0.2) is 18.3 Å². The number of piperidine rings is 1. The highest BCUT2D eigenvalue weighted by molar-refractivity contribution is 5.98. The van der Waals surface area contributed by atoms with Gasteiger partial charge in [0, 0.05) is 12.7 Å². The van der Waals surface area contributed by atoms with Gasteiger partial charge < -0.3 is 15.7 Å². The lowest BCUT2D eigenvalue weighted by Crippen LogP contribution is -2.50. The van der Waals surface area contributed by atoms with E-state index in [-0.39, 0.29) is 17.4 Å². The third-order valence-corrected chi connectivity index (χ3v) is 2.59. The molecule has 1 atom stereocenters. The van der Waals surface area contributed by atoms with E-state index in [1.807, 2.05) is 0 Å². The maximum Gasteiger partial charge on any atom is 0.274 e. The van der Waals surface area contributed by atoms with Crippen molar-refractivity contribution in [3.63, 3.8) is 0 Å². The maximum absolute atomic E-state index is 11.8. The molecule has 0 spiro atoms. The molecule has 6 nitrogen and oxygen atoms in total. The van der Waals surface area contributed by atoms with Crippen molar-refractivity contribution in [2.24, 2.45) is 0 Å². The number of aromatic nitrogens is 1. The molecule has 0 aromatic carbocycles. The van der Waals surface area contributed by atoms with E-state index < -0.39 is 11.9 Å². The van der Waals surface area contributed by atoms with Gasteiger partial charge in [-0.05, 0) is 25.0 Å². The average Bonchev–Trinajstić information content (AvgIpc) is 2.32. The number of amides is 2. The number of hydrogen-bond acceptors (Lipinski definition) is 4. The molecule has 1 aromatic heterocycles. The minimum absolute atomic E-state index is 0.0640. The molecule has 1 aromatic rings. The van der Waals surface area contributed by atoms with Crippen molar-refractivity contribution in [2.75, 3.05) is 6.54 Å². The van der Waals surface area contributed by atoms with Crippen LogP contribution in [0.4, 0.5) is 0 Å². The van der Waals surface area contributed by atoms with Gasteiger partial charge in [0.1, 0.15) is 11.8 Å². The zero-order chi connectivity index (χ0) is 12.3. The van der Waals surface area contributed by atoms with Gasteiger partial charge in [0.25, 0.3) is 5.91 Å². The number of rotatable bonds is 2. The van der Waals surface area contributed by atoms with Crippen LogP contribution in [-0.4, -0.2) is 34.5 Å². The molecule has 1 fully saturated rings. The van der Waals surface area contributed by atoms with Gasteiger partial charge >= 0.3 is 0 Å². The normalized spacial score (nSPS) is 19.5. The summed E-state index contributed by atoms with van der Waals surface area (Å²) in [5, 5.41) is 14.7. The summed E-state index contributed by atoms with van der Waals surface area (Å²) < 4.78 is 0. The van der Waals surface area contributed by atoms with Crippen molar-refractivity contribution in [2.45, 2.75) is 18.9 Å². The molecule has 0 bridgehead atoms. The van der Waals surface area contributed by atoms with Gasteiger partial charge in [0.05, 0.1) is 0 Å². The summed E-state index contributed by atoms with van der Waals surface area (Å²) in [6.45, 7) is 0.639. The van der Waals surface area contributed by atoms with E-state index in [0.717, 1.165) is 6.42 Å². The Labute approximate surface area is 98.1 Å². The Bertz CT molecular complexity index is 447. The Kier molecular flexibility index (Phi) is 3.22. The van der Waals surface area contributed by atoms with Crippen molar-refractivity contribution in [1.82, 2.24) is 15.6 Å². The van der Waals surface area contributed by atoms with Crippen LogP contribution in [0.25, 0.3) is 0 Å². The molecule has 17 heavy (non-hydrogen) atoms. The van der Waals surface area contributed by atoms with Crippen LogP contribution in [0.2, 0.25) is 0 Å². The highest BCUT2D eigenvalue weighted by atomic mass is 16.3. The van der Waals surface area contributed by atoms with Gasteiger partial charge in [0.15, 0.2) is 5.69 Å². The molecule has 1 aliphatic heterocycles. The summed E-state index contributed by atoms with van der Waals surface area (Å²) in [5.74, 6) is -0.925. The Morgan fingerprint density at radius 3 is 3.12 bits per heavy atom. The van der Waals surface area contributed by atoms with Gasteiger partial charge in [-0.25, -0.2) is 4.98 Å². The SMILES string of the molecule is O=C(NC1CCCNC1=O)c1ncccc1O. The second-order valence-corrected chi connectivity index (χ2v) is 3.83. The van der Waals surface area contributed by atoms with E-state index in [4.69, 9.17) is 0 Å². The van der Waals surface area contributed by atoms with Crippen molar-refractivity contribution in [1.29, 1.82) is 0 Å². The van der Waals surface area contributed by atoms with E-state index >= 15 is 0 Å². The molecule has 1 aliphatic rings. The van der Waals surface area contributed by atoms with E-state index in [0.29, 0.717) is 13.0 Å². The molecule has 0 saturated carbocycles. The minimum Gasteiger partial charge on any atom is -0.505 e. The monoisotopic (exact) mass is 235 g/mol. The Morgan fingerprint density at radius 1 is 1.59 bits per heavy atom. The zero-order valence-corrected chi connectivity index (χ0v) is 9.14. The van der Waals surface area contributed by atoms with Crippen LogP contribution in [0.5, 0.6) is 5.75 Å². The number of pyridine rings is 1. The van der Waals surface area contributed by atoms with Gasteiger partial charge in [-0.1, -0.05) is 0 Å². The van der Waals surface area contributed by atoms with Crippen molar-refractivity contribution < 1.29 is 14.7 Å². The molecule has 0 aliphatic carbocycles. The molecule has 1 saturated heterocycles. The highest BCUT2D eigenvalue weighted by Crippen LogP contribution is 2.13. The molecule has 3 N–H and O–H groups in total. The van der Waals surface area contributed by atoms with Crippen LogP contribution in [0.1, 0.15) is 23.3 Å². The molecule has 2 rings (SSSR count). The summed E-state index contributed by atoms with van der Waals surface area (Å²) in [5.41, 5.74) is -0.0640. The summed E-state index contributed by atoms with van der Waals surface area (Å²) >= 11 is 0. The van der Waals surface area contributed by atoms with E-state index in [2.05, 4.69) is 15.6 Å². The Balaban J connectivity index is 2.06. The lowest BCUT2D eigenvalue weighted by Gasteiger charge is -2.22. The fourth-order valence-corrected chi connectivity index (χ4v) is 1.71. The molecule has 0 radical (unpaired) electrons. The van der Waals surface area contributed by atoms with Gasteiger partial charge in [-0.3, -0.25) is 9.59 Å². The molecule has 90 valence electrons. The first-order chi connectivity index (χ1) is 8.18. The van der Waals surface area contributed by atoms with Crippen LogP contribution in [-0.2, 0) is 4.79 Å². The molecule has 6 heteroatoms. The lowest BCUT2D eigenvalue weighted by molar-refractivity contribution is -0.124. The third kappa shape index (κ3) is 2.52. The first-order valence-corrected chi connectivity index (χ1v) is 5.41. The fraction of sp³-hybridized carbons (Fsp3) is 0.364. The second kappa shape index (κ2) is 4.82. The number of aromatic hydroxyl groups is 1.